The van der Waals surface area contributed by atoms with Crippen LogP contribution in [0.4, 0.5) is 0 Å². The second kappa shape index (κ2) is 4.87. The number of hydrogen-bond donors (Lipinski definition) is 1. The van der Waals surface area contributed by atoms with E-state index in [9.17, 15) is 0 Å². The van der Waals surface area contributed by atoms with Crippen molar-refractivity contribution in [1.29, 1.82) is 0 Å². The molecule has 1 N–H and O–H groups in total. The molecule has 0 fully saturated rings. The molecule has 0 radical (unpaired) electrons. The van der Waals surface area contributed by atoms with Crippen molar-refractivity contribution in [3.8, 4) is 0 Å². The first-order chi connectivity index (χ1) is 8.34. The molecule has 98 valence electrons. The second-order valence-corrected chi connectivity index (χ2v) is 6.52. The molecule has 1 aromatic carbocycles. The third-order valence-corrected chi connectivity index (χ3v) is 4.40. The Balaban J connectivity index is 2.60. The lowest BCUT2D eigenvalue weighted by molar-refractivity contribution is 0.297. The molecule has 0 amide bonds. The van der Waals surface area contributed by atoms with Crippen LogP contribution in [0.15, 0.2) is 12.1 Å². The average molecular weight is 303 g/mol. The van der Waals surface area contributed by atoms with Gasteiger partial charge < -0.3 is 9.55 Å². The summed E-state index contributed by atoms with van der Waals surface area (Å²) >= 11 is 17.5. The van der Waals surface area contributed by atoms with Crippen LogP contribution in [0.3, 0.4) is 0 Å². The van der Waals surface area contributed by atoms with Crippen LogP contribution >= 0.6 is 35.4 Å². The number of H-pyrrole nitrogens is 1. The third kappa shape index (κ3) is 2.58. The fraction of sp³-hybridized carbons (Fsp3) is 0.462. The summed E-state index contributed by atoms with van der Waals surface area (Å²) in [6.45, 7) is 7.50. The van der Waals surface area contributed by atoms with Crippen molar-refractivity contribution in [2.24, 2.45) is 5.41 Å². The molecule has 0 atom stereocenters. The number of imidazole rings is 1. The molecule has 2 nitrogen and oxygen atoms in total. The minimum Gasteiger partial charge on any atom is -0.331 e. The van der Waals surface area contributed by atoms with Crippen molar-refractivity contribution in [3.05, 3.63) is 26.9 Å². The van der Waals surface area contributed by atoms with Crippen LogP contribution in [0.25, 0.3) is 11.0 Å². The van der Waals surface area contributed by atoms with E-state index >= 15 is 0 Å². The molecule has 0 unspecified atom stereocenters. The number of fused-ring (bicyclic) bond motifs is 1. The standard InChI is InChI=1S/C13H16Cl2N2S/c1-4-13(2,3)7-17-11-6-9(15)8(14)5-10(11)16-12(17)18/h5-6H,4,7H2,1-3H3,(H,16,18). The van der Waals surface area contributed by atoms with E-state index in [1.54, 1.807) is 0 Å². The lowest BCUT2D eigenvalue weighted by atomic mass is 9.90. The number of aromatic amines is 1. The zero-order chi connectivity index (χ0) is 13.5. The average Bonchev–Trinajstić information content (AvgIpc) is 2.57. The van der Waals surface area contributed by atoms with Crippen molar-refractivity contribution >= 4 is 46.5 Å². The van der Waals surface area contributed by atoms with E-state index in [0.29, 0.717) is 14.8 Å². The largest absolute Gasteiger partial charge is 0.331 e. The smallest absolute Gasteiger partial charge is 0.178 e. The number of aromatic nitrogens is 2. The molecule has 0 bridgehead atoms. The second-order valence-electron chi connectivity index (χ2n) is 5.32. The predicted octanol–water partition coefficient (Wildman–Crippen LogP) is 5.44. The lowest BCUT2D eigenvalue weighted by Crippen LogP contribution is -2.18. The maximum atomic E-state index is 6.08. The maximum absolute atomic E-state index is 6.08. The van der Waals surface area contributed by atoms with Gasteiger partial charge >= 0.3 is 0 Å². The maximum Gasteiger partial charge on any atom is 0.178 e. The Morgan fingerprint density at radius 3 is 2.50 bits per heavy atom. The van der Waals surface area contributed by atoms with Crippen LogP contribution in [-0.2, 0) is 6.54 Å². The predicted molar refractivity (Wildman–Crippen MR) is 81.2 cm³/mol. The zero-order valence-electron chi connectivity index (χ0n) is 10.7. The van der Waals surface area contributed by atoms with Crippen LogP contribution in [-0.4, -0.2) is 9.55 Å². The Morgan fingerprint density at radius 1 is 1.28 bits per heavy atom. The summed E-state index contributed by atoms with van der Waals surface area (Å²) in [5.41, 5.74) is 2.14. The number of nitrogens with zero attached hydrogens (tertiary/aromatic N) is 1. The highest BCUT2D eigenvalue weighted by atomic mass is 35.5. The molecule has 0 spiro atoms. The van der Waals surface area contributed by atoms with Gasteiger partial charge in [0.1, 0.15) is 0 Å². The summed E-state index contributed by atoms with van der Waals surface area (Å²) in [5.74, 6) is 0. The number of halogens is 2. The first kappa shape index (κ1) is 13.9. The van der Waals surface area contributed by atoms with Gasteiger partial charge in [-0.25, -0.2) is 0 Å². The van der Waals surface area contributed by atoms with Crippen LogP contribution in [0, 0.1) is 10.2 Å². The van der Waals surface area contributed by atoms with Gasteiger partial charge in [-0.1, -0.05) is 44.0 Å². The third-order valence-electron chi connectivity index (χ3n) is 3.36. The van der Waals surface area contributed by atoms with Gasteiger partial charge in [0.2, 0.25) is 0 Å². The Morgan fingerprint density at radius 2 is 1.89 bits per heavy atom. The highest BCUT2D eigenvalue weighted by molar-refractivity contribution is 7.71. The van der Waals surface area contributed by atoms with Gasteiger partial charge in [0.25, 0.3) is 0 Å². The molecule has 0 aliphatic rings. The van der Waals surface area contributed by atoms with E-state index in [1.807, 2.05) is 12.1 Å². The summed E-state index contributed by atoms with van der Waals surface area (Å²) in [6.07, 6.45) is 1.09. The van der Waals surface area contributed by atoms with Crippen molar-refractivity contribution in [2.75, 3.05) is 0 Å². The van der Waals surface area contributed by atoms with Gasteiger partial charge in [0.15, 0.2) is 4.77 Å². The van der Waals surface area contributed by atoms with Gasteiger partial charge in [0, 0.05) is 6.54 Å². The van der Waals surface area contributed by atoms with Gasteiger partial charge in [-0.15, -0.1) is 0 Å². The highest BCUT2D eigenvalue weighted by Gasteiger charge is 2.18. The van der Waals surface area contributed by atoms with E-state index in [0.717, 1.165) is 24.0 Å². The Labute approximate surface area is 122 Å². The normalized spacial score (nSPS) is 12.3. The SMILES string of the molecule is CCC(C)(C)Cn1c(=S)[nH]c2cc(Cl)c(Cl)cc21. The zero-order valence-corrected chi connectivity index (χ0v) is 13.0. The molecule has 1 heterocycles. The molecule has 0 saturated heterocycles. The summed E-state index contributed by atoms with van der Waals surface area (Å²) in [7, 11) is 0. The lowest BCUT2D eigenvalue weighted by Gasteiger charge is -2.23. The van der Waals surface area contributed by atoms with Crippen molar-refractivity contribution < 1.29 is 0 Å². The fourth-order valence-corrected chi connectivity index (χ4v) is 2.44. The quantitative estimate of drug-likeness (QED) is 0.749. The highest BCUT2D eigenvalue weighted by Crippen LogP contribution is 2.30. The Hall–Kier alpha value is -0.510. The Kier molecular flexibility index (Phi) is 3.77. The van der Waals surface area contributed by atoms with Crippen LogP contribution in [0.1, 0.15) is 27.2 Å². The molecule has 0 aliphatic carbocycles. The van der Waals surface area contributed by atoms with E-state index < -0.39 is 0 Å². The monoisotopic (exact) mass is 302 g/mol. The summed E-state index contributed by atoms with van der Waals surface area (Å²) in [4.78, 5) is 3.18. The van der Waals surface area contributed by atoms with E-state index in [1.165, 1.54) is 0 Å². The number of nitrogens with one attached hydrogen (secondary N) is 1. The van der Waals surface area contributed by atoms with E-state index in [-0.39, 0.29) is 5.41 Å². The molecule has 0 aliphatic heterocycles. The summed E-state index contributed by atoms with van der Waals surface area (Å²) in [6, 6.07) is 3.70. The fourth-order valence-electron chi connectivity index (χ4n) is 1.85. The molecular formula is C13H16Cl2N2S. The Bertz CT molecular complexity index is 640. The number of rotatable bonds is 3. The molecular weight excluding hydrogens is 287 g/mol. The van der Waals surface area contributed by atoms with Gasteiger partial charge in [-0.05, 0) is 36.2 Å². The van der Waals surface area contributed by atoms with Gasteiger partial charge in [-0.2, -0.15) is 0 Å². The minimum atomic E-state index is 0.194. The molecule has 0 saturated carbocycles. The molecule has 2 rings (SSSR count). The van der Waals surface area contributed by atoms with Crippen LogP contribution in [0.2, 0.25) is 10.0 Å². The van der Waals surface area contributed by atoms with Crippen LogP contribution in [0.5, 0.6) is 0 Å². The molecule has 5 heteroatoms. The van der Waals surface area contributed by atoms with Crippen LogP contribution < -0.4 is 0 Å². The van der Waals surface area contributed by atoms with Gasteiger partial charge in [0.05, 0.1) is 21.1 Å². The topological polar surface area (TPSA) is 20.7 Å². The van der Waals surface area contributed by atoms with Crippen molar-refractivity contribution in [2.45, 2.75) is 33.7 Å². The molecule has 1 aromatic heterocycles. The summed E-state index contributed by atoms with van der Waals surface area (Å²) in [5, 5.41) is 1.10. The number of benzene rings is 1. The summed E-state index contributed by atoms with van der Waals surface area (Å²) < 4.78 is 2.81. The molecule has 2 aromatic rings. The van der Waals surface area contributed by atoms with Gasteiger partial charge in [-0.3, -0.25) is 0 Å². The van der Waals surface area contributed by atoms with Crippen molar-refractivity contribution in [3.63, 3.8) is 0 Å². The van der Waals surface area contributed by atoms with Crippen molar-refractivity contribution in [1.82, 2.24) is 9.55 Å². The molecule has 18 heavy (non-hydrogen) atoms. The van der Waals surface area contributed by atoms with E-state index in [4.69, 9.17) is 35.4 Å². The number of hydrogen-bond acceptors (Lipinski definition) is 1. The minimum absolute atomic E-state index is 0.194. The first-order valence-electron chi connectivity index (χ1n) is 5.91. The first-order valence-corrected chi connectivity index (χ1v) is 7.08. The van der Waals surface area contributed by atoms with E-state index in [2.05, 4.69) is 30.3 Å².